The van der Waals surface area contributed by atoms with Crippen LogP contribution < -0.4 is 10.6 Å². The fourth-order valence-electron chi connectivity index (χ4n) is 5.11. The van der Waals surface area contributed by atoms with Crippen molar-refractivity contribution in [3.8, 4) is 0 Å². The van der Waals surface area contributed by atoms with E-state index >= 15 is 0 Å². The van der Waals surface area contributed by atoms with Gasteiger partial charge >= 0.3 is 0 Å². The lowest BCUT2D eigenvalue weighted by Gasteiger charge is -2.50. The fourth-order valence-corrected chi connectivity index (χ4v) is 5.11. The Morgan fingerprint density at radius 3 is 2.59 bits per heavy atom. The average Bonchev–Trinajstić information content (AvgIpc) is 3.31. The minimum absolute atomic E-state index is 0.0206. The van der Waals surface area contributed by atoms with Crippen molar-refractivity contribution >= 4 is 11.8 Å². The molecule has 2 aliphatic carbocycles. The van der Waals surface area contributed by atoms with Gasteiger partial charge in [0.2, 0.25) is 5.91 Å². The highest BCUT2D eigenvalue weighted by atomic mass is 19.1. The van der Waals surface area contributed by atoms with E-state index in [0.29, 0.717) is 29.4 Å². The molecular weight excluding hydrogens is 347 g/mol. The summed E-state index contributed by atoms with van der Waals surface area (Å²) >= 11 is 0. The first kappa shape index (κ1) is 18.4. The molecule has 4 atom stereocenters. The Balaban J connectivity index is 1.25. The summed E-state index contributed by atoms with van der Waals surface area (Å²) in [6, 6.07) is 5.60. The van der Waals surface area contributed by atoms with Crippen LogP contribution in [0.2, 0.25) is 0 Å². The van der Waals surface area contributed by atoms with E-state index in [9.17, 15) is 14.0 Å². The highest BCUT2D eigenvalue weighted by Crippen LogP contribution is 2.51. The van der Waals surface area contributed by atoms with E-state index < -0.39 is 0 Å². The number of nitrogens with one attached hydrogen (secondary N) is 2. The Labute approximate surface area is 159 Å². The number of hydrogen-bond acceptors (Lipinski definition) is 3. The predicted molar refractivity (Wildman–Crippen MR) is 98.6 cm³/mol. The van der Waals surface area contributed by atoms with Crippen LogP contribution in [0.4, 0.5) is 4.39 Å². The van der Waals surface area contributed by atoms with Crippen LogP contribution in [0.1, 0.15) is 48.9 Å². The molecule has 2 saturated carbocycles. The summed E-state index contributed by atoms with van der Waals surface area (Å²) in [6.45, 7) is 1.08. The lowest BCUT2D eigenvalue weighted by Crippen LogP contribution is -2.63. The molecule has 1 aromatic carbocycles. The maximum Gasteiger partial charge on any atom is 0.251 e. The van der Waals surface area contributed by atoms with Gasteiger partial charge in [0.1, 0.15) is 5.82 Å². The second-order valence-electron chi connectivity index (χ2n) is 8.02. The normalized spacial score (nSPS) is 29.8. The van der Waals surface area contributed by atoms with Crippen LogP contribution in [0.15, 0.2) is 24.3 Å². The van der Waals surface area contributed by atoms with Crippen LogP contribution in [0, 0.1) is 23.6 Å². The second kappa shape index (κ2) is 7.97. The van der Waals surface area contributed by atoms with Crippen molar-refractivity contribution in [2.24, 2.45) is 17.8 Å². The van der Waals surface area contributed by atoms with E-state index in [1.54, 1.807) is 0 Å². The van der Waals surface area contributed by atoms with E-state index in [4.69, 9.17) is 4.74 Å². The lowest BCUT2D eigenvalue weighted by molar-refractivity contribution is -0.129. The third-order valence-electron chi connectivity index (χ3n) is 6.45. The minimum atomic E-state index is -0.377. The first-order valence-electron chi connectivity index (χ1n) is 10.1. The molecule has 0 bridgehead atoms. The third kappa shape index (κ3) is 3.86. The maximum absolute atomic E-state index is 12.9. The molecule has 1 heterocycles. The number of halogens is 1. The van der Waals surface area contributed by atoms with E-state index in [1.165, 1.54) is 49.9 Å². The van der Waals surface area contributed by atoms with E-state index in [0.717, 1.165) is 13.0 Å². The molecule has 3 aliphatic rings. The summed E-state index contributed by atoms with van der Waals surface area (Å²) in [7, 11) is 0. The number of carbonyl (C=O) groups excluding carboxylic acids is 2. The van der Waals surface area contributed by atoms with Crippen LogP contribution in [0.25, 0.3) is 0 Å². The summed E-state index contributed by atoms with van der Waals surface area (Å²) in [5.74, 6) is 0.892. The van der Waals surface area contributed by atoms with Gasteiger partial charge in [0.15, 0.2) is 0 Å². The zero-order valence-electron chi connectivity index (χ0n) is 15.5. The predicted octanol–water partition coefficient (Wildman–Crippen LogP) is 2.66. The van der Waals surface area contributed by atoms with Crippen molar-refractivity contribution in [1.29, 1.82) is 0 Å². The van der Waals surface area contributed by atoms with Gasteiger partial charge in [-0.1, -0.05) is 25.7 Å². The van der Waals surface area contributed by atoms with Gasteiger partial charge in [-0.15, -0.1) is 0 Å². The van der Waals surface area contributed by atoms with Crippen molar-refractivity contribution in [2.75, 3.05) is 13.2 Å². The minimum Gasteiger partial charge on any atom is -0.377 e. The molecule has 1 aromatic rings. The van der Waals surface area contributed by atoms with Crippen molar-refractivity contribution in [3.63, 3.8) is 0 Å². The SMILES string of the molecule is O=C(CCNC(=O)c1ccc(F)cc1)N[C@H]1[C@@H]2CCO[C@@H]2[C@@H]1C1CCCC1. The van der Waals surface area contributed by atoms with Gasteiger partial charge in [-0.2, -0.15) is 0 Å². The van der Waals surface area contributed by atoms with Crippen molar-refractivity contribution in [2.45, 2.75) is 50.7 Å². The molecule has 2 N–H and O–H groups in total. The molecule has 1 aliphatic heterocycles. The summed E-state index contributed by atoms with van der Waals surface area (Å²) in [4.78, 5) is 24.4. The Hall–Kier alpha value is -1.95. The van der Waals surface area contributed by atoms with Crippen LogP contribution in [-0.2, 0) is 9.53 Å². The zero-order valence-corrected chi connectivity index (χ0v) is 15.5. The Morgan fingerprint density at radius 2 is 1.85 bits per heavy atom. The quantitative estimate of drug-likeness (QED) is 0.804. The Bertz CT molecular complexity index is 682. The molecule has 1 saturated heterocycles. The third-order valence-corrected chi connectivity index (χ3v) is 6.45. The molecule has 3 fully saturated rings. The van der Waals surface area contributed by atoms with Crippen LogP contribution >= 0.6 is 0 Å². The number of amides is 2. The number of benzene rings is 1. The Morgan fingerprint density at radius 1 is 1.11 bits per heavy atom. The summed E-state index contributed by atoms with van der Waals surface area (Å²) < 4.78 is 18.8. The molecule has 0 radical (unpaired) electrons. The van der Waals surface area contributed by atoms with Gasteiger partial charge < -0.3 is 15.4 Å². The van der Waals surface area contributed by atoms with Crippen LogP contribution in [0.5, 0.6) is 0 Å². The molecular formula is C21H27FN2O3. The molecule has 6 heteroatoms. The summed E-state index contributed by atoms with van der Waals surface area (Å²) in [5.41, 5.74) is 0.392. The second-order valence-corrected chi connectivity index (χ2v) is 8.02. The lowest BCUT2D eigenvalue weighted by atomic mass is 9.61. The van der Waals surface area contributed by atoms with Gasteiger partial charge in [0, 0.05) is 43.0 Å². The number of hydrogen-bond donors (Lipinski definition) is 2. The van der Waals surface area contributed by atoms with Crippen LogP contribution in [-0.4, -0.2) is 37.1 Å². The molecule has 0 aromatic heterocycles. The topological polar surface area (TPSA) is 67.4 Å². The fraction of sp³-hybridized carbons (Fsp3) is 0.619. The molecule has 0 unspecified atom stereocenters. The van der Waals surface area contributed by atoms with E-state index in [2.05, 4.69) is 10.6 Å². The smallest absolute Gasteiger partial charge is 0.251 e. The molecule has 0 spiro atoms. The first-order chi connectivity index (χ1) is 13.1. The molecule has 2 amide bonds. The number of fused-ring (bicyclic) bond motifs is 1. The standard InChI is InChI=1S/C21H27FN2O3/c22-15-7-5-14(6-8-15)21(26)23-11-9-17(25)24-19-16-10-12-27-20(16)18(19)13-3-1-2-4-13/h5-8,13,16,18-20H,1-4,9-12H2,(H,23,26)(H,24,25)/t16-,18+,19-,20-/m0/s1. The van der Waals surface area contributed by atoms with Gasteiger partial charge in [-0.3, -0.25) is 9.59 Å². The van der Waals surface area contributed by atoms with Gasteiger partial charge in [0.25, 0.3) is 5.91 Å². The molecule has 5 nitrogen and oxygen atoms in total. The van der Waals surface area contributed by atoms with Crippen molar-refractivity contribution < 1.29 is 18.7 Å². The number of ether oxygens (including phenoxy) is 1. The number of rotatable bonds is 6. The van der Waals surface area contributed by atoms with Crippen molar-refractivity contribution in [1.82, 2.24) is 10.6 Å². The Kier molecular flexibility index (Phi) is 5.43. The average molecular weight is 374 g/mol. The van der Waals surface area contributed by atoms with E-state index in [-0.39, 0.29) is 36.6 Å². The molecule has 27 heavy (non-hydrogen) atoms. The number of carbonyl (C=O) groups is 2. The highest BCUT2D eigenvalue weighted by Gasteiger charge is 2.56. The van der Waals surface area contributed by atoms with Gasteiger partial charge in [0.05, 0.1) is 6.10 Å². The van der Waals surface area contributed by atoms with Crippen LogP contribution in [0.3, 0.4) is 0 Å². The molecule has 146 valence electrons. The summed E-state index contributed by atoms with van der Waals surface area (Å²) in [6.07, 6.45) is 6.67. The van der Waals surface area contributed by atoms with E-state index in [1.807, 2.05) is 0 Å². The summed E-state index contributed by atoms with van der Waals surface area (Å²) in [5, 5.41) is 5.94. The largest absolute Gasteiger partial charge is 0.377 e. The van der Waals surface area contributed by atoms with Gasteiger partial charge in [-0.05, 0) is 36.6 Å². The zero-order chi connectivity index (χ0) is 18.8. The first-order valence-corrected chi connectivity index (χ1v) is 10.1. The monoisotopic (exact) mass is 374 g/mol. The maximum atomic E-state index is 12.9. The highest BCUT2D eigenvalue weighted by molar-refractivity contribution is 5.94. The molecule has 4 rings (SSSR count). The van der Waals surface area contributed by atoms with Crippen molar-refractivity contribution in [3.05, 3.63) is 35.6 Å². The van der Waals surface area contributed by atoms with Gasteiger partial charge in [-0.25, -0.2) is 4.39 Å².